The van der Waals surface area contributed by atoms with Crippen LogP contribution in [0.1, 0.15) is 42.5 Å². The Morgan fingerprint density at radius 1 is 0.955 bits per heavy atom. The van der Waals surface area contributed by atoms with Gasteiger partial charge in [-0.2, -0.15) is 0 Å². The van der Waals surface area contributed by atoms with Crippen molar-refractivity contribution >= 4 is 5.95 Å². The lowest BCUT2D eigenvalue weighted by molar-refractivity contribution is 0.567. The third kappa shape index (κ3) is 2.49. The van der Waals surface area contributed by atoms with E-state index < -0.39 is 0 Å². The molecule has 0 amide bonds. The van der Waals surface area contributed by atoms with Crippen LogP contribution in [-0.2, 0) is 12.8 Å². The molecule has 1 aromatic carbocycles. The molecule has 1 aromatic heterocycles. The number of benzene rings is 1. The molecule has 0 unspecified atom stereocenters. The lowest BCUT2D eigenvalue weighted by Crippen LogP contribution is -2.31. The van der Waals surface area contributed by atoms with E-state index in [1.807, 2.05) is 0 Å². The number of fused-ring (bicyclic) bond motifs is 1. The molecule has 1 fully saturated rings. The van der Waals surface area contributed by atoms with Crippen molar-refractivity contribution in [1.29, 1.82) is 0 Å². The molecule has 4 rings (SSSR count). The zero-order chi connectivity index (χ0) is 14.9. The molecule has 0 N–H and O–H groups in total. The third-order valence-electron chi connectivity index (χ3n) is 4.85. The number of anilines is 1. The van der Waals surface area contributed by atoms with E-state index in [-0.39, 0.29) is 0 Å². The average molecular weight is 293 g/mol. The summed E-state index contributed by atoms with van der Waals surface area (Å²) in [5.74, 6) is 0.955. The van der Waals surface area contributed by atoms with Crippen LogP contribution in [-0.4, -0.2) is 23.1 Å². The van der Waals surface area contributed by atoms with Crippen LogP contribution in [0.2, 0.25) is 0 Å². The van der Waals surface area contributed by atoms with Crippen LogP contribution in [0.25, 0.3) is 11.3 Å². The van der Waals surface area contributed by atoms with Crippen molar-refractivity contribution in [2.24, 2.45) is 0 Å². The molecular formula is C19H23N3. The molecule has 2 aromatic rings. The van der Waals surface area contributed by atoms with E-state index in [4.69, 9.17) is 9.97 Å². The van der Waals surface area contributed by atoms with Gasteiger partial charge in [-0.3, -0.25) is 0 Å². The molecule has 3 heteroatoms. The second-order valence-electron chi connectivity index (χ2n) is 6.57. The molecule has 1 saturated heterocycles. The fraction of sp³-hybridized carbons (Fsp3) is 0.474. The minimum Gasteiger partial charge on any atom is -0.341 e. The van der Waals surface area contributed by atoms with E-state index in [9.17, 15) is 0 Å². The second kappa shape index (κ2) is 5.71. The molecule has 2 heterocycles. The van der Waals surface area contributed by atoms with Crippen LogP contribution in [0.3, 0.4) is 0 Å². The molecule has 0 bridgehead atoms. The maximum absolute atomic E-state index is 4.99. The van der Waals surface area contributed by atoms with Crippen LogP contribution < -0.4 is 4.90 Å². The largest absolute Gasteiger partial charge is 0.341 e. The molecule has 2 aliphatic rings. The van der Waals surface area contributed by atoms with Crippen LogP contribution in [0, 0.1) is 6.92 Å². The SMILES string of the molecule is Cc1cccc(-c2nc(N3CCCCC3)nc3c2CCC3)c1. The van der Waals surface area contributed by atoms with E-state index in [0.717, 1.165) is 31.9 Å². The summed E-state index contributed by atoms with van der Waals surface area (Å²) in [5, 5.41) is 0. The first-order chi connectivity index (χ1) is 10.8. The highest BCUT2D eigenvalue weighted by molar-refractivity contribution is 5.67. The summed E-state index contributed by atoms with van der Waals surface area (Å²) in [4.78, 5) is 12.3. The lowest BCUT2D eigenvalue weighted by Gasteiger charge is -2.27. The quantitative estimate of drug-likeness (QED) is 0.840. The molecule has 0 spiro atoms. The first kappa shape index (κ1) is 13.7. The Morgan fingerprint density at radius 2 is 1.82 bits per heavy atom. The van der Waals surface area contributed by atoms with Crippen LogP contribution >= 0.6 is 0 Å². The Hall–Kier alpha value is -1.90. The minimum absolute atomic E-state index is 0.955. The number of aryl methyl sites for hydroxylation is 2. The fourth-order valence-electron chi connectivity index (χ4n) is 3.69. The standard InChI is InChI=1S/C19H23N3/c1-14-7-5-8-15(13-14)18-16-9-6-10-17(16)20-19(21-18)22-11-3-2-4-12-22/h5,7-8,13H,2-4,6,9-12H2,1H3. The summed E-state index contributed by atoms with van der Waals surface area (Å²) in [7, 11) is 0. The molecule has 114 valence electrons. The van der Waals surface area contributed by atoms with Gasteiger partial charge in [0.25, 0.3) is 0 Å². The predicted molar refractivity (Wildman–Crippen MR) is 90.3 cm³/mol. The van der Waals surface area contributed by atoms with Gasteiger partial charge in [0.1, 0.15) is 0 Å². The van der Waals surface area contributed by atoms with E-state index in [2.05, 4.69) is 36.1 Å². The van der Waals surface area contributed by atoms with E-state index >= 15 is 0 Å². The van der Waals surface area contributed by atoms with Crippen LogP contribution in [0.15, 0.2) is 24.3 Å². The van der Waals surface area contributed by atoms with Crippen molar-refractivity contribution in [2.45, 2.75) is 45.4 Å². The molecule has 3 nitrogen and oxygen atoms in total. The zero-order valence-corrected chi connectivity index (χ0v) is 13.3. The maximum atomic E-state index is 4.99. The van der Waals surface area contributed by atoms with Gasteiger partial charge in [0, 0.05) is 29.9 Å². The second-order valence-corrected chi connectivity index (χ2v) is 6.57. The molecule has 0 saturated carbocycles. The van der Waals surface area contributed by atoms with Crippen molar-refractivity contribution in [2.75, 3.05) is 18.0 Å². The highest BCUT2D eigenvalue weighted by atomic mass is 15.3. The van der Waals surface area contributed by atoms with E-state index in [0.29, 0.717) is 0 Å². The molecule has 1 aliphatic carbocycles. The summed E-state index contributed by atoms with van der Waals surface area (Å²) in [6, 6.07) is 8.72. The number of aromatic nitrogens is 2. The molecule has 1 aliphatic heterocycles. The van der Waals surface area contributed by atoms with Crippen molar-refractivity contribution in [3.63, 3.8) is 0 Å². The number of rotatable bonds is 2. The summed E-state index contributed by atoms with van der Waals surface area (Å²) in [6.45, 7) is 4.36. The first-order valence-electron chi connectivity index (χ1n) is 8.53. The van der Waals surface area contributed by atoms with Gasteiger partial charge < -0.3 is 4.90 Å². The smallest absolute Gasteiger partial charge is 0.226 e. The van der Waals surface area contributed by atoms with Crippen molar-refractivity contribution in [3.05, 3.63) is 41.1 Å². The normalized spacial score (nSPS) is 17.6. The Morgan fingerprint density at radius 3 is 2.64 bits per heavy atom. The van der Waals surface area contributed by atoms with Gasteiger partial charge in [-0.05, 0) is 51.5 Å². The van der Waals surface area contributed by atoms with Crippen LogP contribution in [0.5, 0.6) is 0 Å². The number of piperidine rings is 1. The summed E-state index contributed by atoms with van der Waals surface area (Å²) in [5.41, 5.74) is 6.38. The first-order valence-corrected chi connectivity index (χ1v) is 8.53. The summed E-state index contributed by atoms with van der Waals surface area (Å²) >= 11 is 0. The van der Waals surface area contributed by atoms with Gasteiger partial charge in [0.15, 0.2) is 0 Å². The monoisotopic (exact) mass is 293 g/mol. The number of hydrogen-bond donors (Lipinski definition) is 0. The Bertz CT molecular complexity index is 687. The molecule has 22 heavy (non-hydrogen) atoms. The van der Waals surface area contributed by atoms with Gasteiger partial charge in [-0.1, -0.05) is 23.8 Å². The lowest BCUT2D eigenvalue weighted by atomic mass is 10.0. The van der Waals surface area contributed by atoms with E-state index in [1.165, 1.54) is 53.8 Å². The fourth-order valence-corrected chi connectivity index (χ4v) is 3.69. The van der Waals surface area contributed by atoms with Crippen molar-refractivity contribution in [3.8, 4) is 11.3 Å². The Labute approximate surface area is 132 Å². The Balaban J connectivity index is 1.81. The minimum atomic E-state index is 0.955. The highest BCUT2D eigenvalue weighted by Crippen LogP contribution is 2.32. The van der Waals surface area contributed by atoms with Crippen molar-refractivity contribution < 1.29 is 0 Å². The molecule has 0 radical (unpaired) electrons. The van der Waals surface area contributed by atoms with Gasteiger partial charge in [-0.15, -0.1) is 0 Å². The zero-order valence-electron chi connectivity index (χ0n) is 13.3. The van der Waals surface area contributed by atoms with Gasteiger partial charge >= 0.3 is 0 Å². The van der Waals surface area contributed by atoms with E-state index in [1.54, 1.807) is 0 Å². The summed E-state index contributed by atoms with van der Waals surface area (Å²) in [6.07, 6.45) is 7.31. The molecule has 0 atom stereocenters. The number of hydrogen-bond acceptors (Lipinski definition) is 3. The topological polar surface area (TPSA) is 29.0 Å². The van der Waals surface area contributed by atoms with Crippen molar-refractivity contribution in [1.82, 2.24) is 9.97 Å². The predicted octanol–water partition coefficient (Wildman–Crippen LogP) is 3.93. The van der Waals surface area contributed by atoms with Crippen LogP contribution in [0.4, 0.5) is 5.95 Å². The summed E-state index contributed by atoms with van der Waals surface area (Å²) < 4.78 is 0. The Kier molecular flexibility index (Phi) is 3.57. The third-order valence-corrected chi connectivity index (χ3v) is 4.85. The van der Waals surface area contributed by atoms with Gasteiger partial charge in [0.05, 0.1) is 5.69 Å². The van der Waals surface area contributed by atoms with Gasteiger partial charge in [0.2, 0.25) is 5.95 Å². The number of nitrogens with zero attached hydrogens (tertiary/aromatic N) is 3. The highest BCUT2D eigenvalue weighted by Gasteiger charge is 2.23. The average Bonchev–Trinajstić information content (AvgIpc) is 3.03. The van der Waals surface area contributed by atoms with Gasteiger partial charge in [-0.25, -0.2) is 9.97 Å². The molecular weight excluding hydrogens is 270 g/mol. The maximum Gasteiger partial charge on any atom is 0.226 e.